The van der Waals surface area contributed by atoms with Gasteiger partial charge in [-0.3, -0.25) is 19.5 Å². The van der Waals surface area contributed by atoms with Crippen molar-refractivity contribution >= 4 is 39.1 Å². The van der Waals surface area contributed by atoms with Crippen LogP contribution < -0.4 is 4.90 Å². The van der Waals surface area contributed by atoms with Crippen LogP contribution in [0.1, 0.15) is 27.2 Å². The SMILES string of the molecule is Cc1nnc(N2C(=O)C(O)=C(C(=O)c3cc4ccccc4o3)C2c2ccncc2)s1. The van der Waals surface area contributed by atoms with Crippen molar-refractivity contribution in [2.24, 2.45) is 0 Å². The lowest BCUT2D eigenvalue weighted by Crippen LogP contribution is -2.31. The molecule has 30 heavy (non-hydrogen) atoms. The average molecular weight is 418 g/mol. The van der Waals surface area contributed by atoms with Gasteiger partial charge in [0, 0.05) is 17.8 Å². The Bertz CT molecular complexity index is 1290. The second kappa shape index (κ2) is 6.89. The number of hydrogen-bond acceptors (Lipinski definition) is 8. The summed E-state index contributed by atoms with van der Waals surface area (Å²) in [6.07, 6.45) is 3.12. The van der Waals surface area contributed by atoms with E-state index in [1.165, 1.54) is 16.2 Å². The van der Waals surface area contributed by atoms with Crippen LogP contribution in [-0.2, 0) is 4.79 Å². The maximum Gasteiger partial charge on any atom is 0.296 e. The molecule has 1 unspecified atom stereocenters. The van der Waals surface area contributed by atoms with E-state index >= 15 is 0 Å². The number of rotatable bonds is 4. The predicted molar refractivity (Wildman–Crippen MR) is 109 cm³/mol. The number of aliphatic hydroxyl groups is 1. The number of benzene rings is 1. The van der Waals surface area contributed by atoms with Crippen LogP contribution in [0, 0.1) is 6.92 Å². The number of para-hydroxylation sites is 1. The number of aliphatic hydroxyl groups excluding tert-OH is 1. The lowest BCUT2D eigenvalue weighted by atomic mass is 9.96. The monoisotopic (exact) mass is 418 g/mol. The zero-order valence-electron chi connectivity index (χ0n) is 15.6. The van der Waals surface area contributed by atoms with Crippen LogP contribution >= 0.6 is 11.3 Å². The third kappa shape index (κ3) is 2.79. The first kappa shape index (κ1) is 18.2. The predicted octanol–water partition coefficient (Wildman–Crippen LogP) is 3.77. The topological polar surface area (TPSA) is 109 Å². The van der Waals surface area contributed by atoms with E-state index in [0.29, 0.717) is 21.3 Å². The smallest absolute Gasteiger partial charge is 0.296 e. The van der Waals surface area contributed by atoms with E-state index in [-0.39, 0.29) is 11.3 Å². The summed E-state index contributed by atoms with van der Waals surface area (Å²) in [5.41, 5.74) is 1.08. The van der Waals surface area contributed by atoms with Crippen molar-refractivity contribution in [3.8, 4) is 0 Å². The van der Waals surface area contributed by atoms with Crippen molar-refractivity contribution in [2.75, 3.05) is 4.90 Å². The third-order valence-corrected chi connectivity index (χ3v) is 5.68. The molecule has 0 spiro atoms. The molecule has 1 amide bonds. The van der Waals surface area contributed by atoms with E-state index in [4.69, 9.17) is 4.42 Å². The number of furan rings is 1. The lowest BCUT2D eigenvalue weighted by molar-refractivity contribution is -0.117. The van der Waals surface area contributed by atoms with Crippen molar-refractivity contribution < 1.29 is 19.1 Å². The van der Waals surface area contributed by atoms with Gasteiger partial charge in [0.15, 0.2) is 11.5 Å². The number of pyridine rings is 1. The zero-order chi connectivity index (χ0) is 20.8. The number of amides is 1. The van der Waals surface area contributed by atoms with Gasteiger partial charge in [0.25, 0.3) is 5.91 Å². The van der Waals surface area contributed by atoms with E-state index in [0.717, 1.165) is 5.39 Å². The Labute approximate surface area is 174 Å². The summed E-state index contributed by atoms with van der Waals surface area (Å²) < 4.78 is 5.69. The van der Waals surface area contributed by atoms with Gasteiger partial charge in [0.1, 0.15) is 10.6 Å². The van der Waals surface area contributed by atoms with Crippen LogP contribution in [0.15, 0.2) is 70.6 Å². The third-order valence-electron chi connectivity index (χ3n) is 4.85. The van der Waals surface area contributed by atoms with Gasteiger partial charge >= 0.3 is 0 Å². The molecule has 0 radical (unpaired) electrons. The number of Topliss-reactive ketones (excluding diaryl/α,β-unsaturated/α-hetero) is 1. The molecule has 3 aromatic heterocycles. The first-order valence-electron chi connectivity index (χ1n) is 9.04. The molecule has 5 rings (SSSR count). The first-order chi connectivity index (χ1) is 14.5. The van der Waals surface area contributed by atoms with Crippen molar-refractivity contribution in [3.05, 3.63) is 82.5 Å². The summed E-state index contributed by atoms with van der Waals surface area (Å²) in [6, 6.07) is 11.3. The number of nitrogens with zero attached hydrogens (tertiary/aromatic N) is 4. The number of carbonyl (C=O) groups is 2. The van der Waals surface area contributed by atoms with Gasteiger partial charge in [-0.25, -0.2) is 0 Å². The van der Waals surface area contributed by atoms with E-state index in [9.17, 15) is 14.7 Å². The molecule has 1 atom stereocenters. The van der Waals surface area contributed by atoms with Gasteiger partial charge in [-0.15, -0.1) is 10.2 Å². The Hall–Kier alpha value is -3.85. The summed E-state index contributed by atoms with van der Waals surface area (Å²) in [7, 11) is 0. The quantitative estimate of drug-likeness (QED) is 0.502. The second-order valence-corrected chi connectivity index (χ2v) is 7.86. The van der Waals surface area contributed by atoms with E-state index < -0.39 is 23.5 Å². The van der Waals surface area contributed by atoms with Gasteiger partial charge in [0.2, 0.25) is 10.9 Å². The maximum atomic E-state index is 13.4. The molecule has 0 aliphatic carbocycles. The van der Waals surface area contributed by atoms with Crippen LogP contribution in [0.3, 0.4) is 0 Å². The number of anilines is 1. The molecular weight excluding hydrogens is 404 g/mol. The van der Waals surface area contributed by atoms with Gasteiger partial charge < -0.3 is 9.52 Å². The number of aromatic nitrogens is 3. The minimum atomic E-state index is -0.881. The molecule has 9 heteroatoms. The highest BCUT2D eigenvalue weighted by Gasteiger charge is 2.46. The molecule has 4 aromatic rings. The van der Waals surface area contributed by atoms with Crippen LogP contribution in [-0.4, -0.2) is 32.0 Å². The summed E-state index contributed by atoms with van der Waals surface area (Å²) in [5.74, 6) is -1.87. The van der Waals surface area contributed by atoms with Crippen LogP contribution in [0.2, 0.25) is 0 Å². The molecule has 1 aromatic carbocycles. The summed E-state index contributed by atoms with van der Waals surface area (Å²) in [5, 5.41) is 20.4. The van der Waals surface area contributed by atoms with Gasteiger partial charge in [-0.1, -0.05) is 29.5 Å². The lowest BCUT2D eigenvalue weighted by Gasteiger charge is -2.23. The fourth-order valence-electron chi connectivity index (χ4n) is 3.51. The maximum absolute atomic E-state index is 13.4. The number of hydrogen-bond donors (Lipinski definition) is 1. The number of fused-ring (bicyclic) bond motifs is 1. The molecule has 0 bridgehead atoms. The highest BCUT2D eigenvalue weighted by molar-refractivity contribution is 7.15. The largest absolute Gasteiger partial charge is 0.503 e. The molecule has 0 saturated heterocycles. The molecule has 1 N–H and O–H groups in total. The second-order valence-electron chi connectivity index (χ2n) is 6.70. The Morgan fingerprint density at radius 1 is 1.17 bits per heavy atom. The number of ketones is 1. The van der Waals surface area contributed by atoms with Crippen LogP contribution in [0.5, 0.6) is 0 Å². The highest BCUT2D eigenvalue weighted by Crippen LogP contribution is 2.42. The Morgan fingerprint density at radius 2 is 1.93 bits per heavy atom. The Kier molecular flexibility index (Phi) is 4.18. The Morgan fingerprint density at radius 3 is 2.63 bits per heavy atom. The van der Waals surface area contributed by atoms with Crippen molar-refractivity contribution in [1.82, 2.24) is 15.2 Å². The van der Waals surface area contributed by atoms with Gasteiger partial charge in [-0.05, 0) is 36.8 Å². The highest BCUT2D eigenvalue weighted by atomic mass is 32.1. The van der Waals surface area contributed by atoms with Gasteiger partial charge in [0.05, 0.1) is 11.6 Å². The van der Waals surface area contributed by atoms with E-state index in [1.54, 1.807) is 49.6 Å². The first-order valence-corrected chi connectivity index (χ1v) is 9.86. The van der Waals surface area contributed by atoms with Crippen molar-refractivity contribution in [2.45, 2.75) is 13.0 Å². The fraction of sp³-hybridized carbons (Fsp3) is 0.0952. The zero-order valence-corrected chi connectivity index (χ0v) is 16.5. The van der Waals surface area contributed by atoms with Crippen molar-refractivity contribution in [1.29, 1.82) is 0 Å². The standard InChI is InChI=1S/C21H14N4O4S/c1-11-23-24-21(30-11)25-17(12-6-8-22-9-7-12)16(19(27)20(25)28)18(26)15-10-13-4-2-3-5-14(13)29-15/h2-10,17,27H,1H3. The number of carbonyl (C=O) groups excluding carboxylic acids is 2. The fourth-order valence-corrected chi connectivity index (χ4v) is 4.22. The summed E-state index contributed by atoms with van der Waals surface area (Å²) in [6.45, 7) is 1.76. The van der Waals surface area contributed by atoms with E-state index in [1.807, 2.05) is 12.1 Å². The summed E-state index contributed by atoms with van der Waals surface area (Å²) in [4.78, 5) is 31.7. The summed E-state index contributed by atoms with van der Waals surface area (Å²) >= 11 is 1.20. The minimum absolute atomic E-state index is 0.0416. The van der Waals surface area contributed by atoms with Crippen molar-refractivity contribution in [3.63, 3.8) is 0 Å². The molecular formula is C21H14N4O4S. The Balaban J connectivity index is 1.66. The molecule has 1 aliphatic heterocycles. The molecule has 1 aliphatic rings. The van der Waals surface area contributed by atoms with Gasteiger partial charge in [-0.2, -0.15) is 0 Å². The molecule has 8 nitrogen and oxygen atoms in total. The van der Waals surface area contributed by atoms with E-state index in [2.05, 4.69) is 15.2 Å². The van der Waals surface area contributed by atoms with Crippen LogP contribution in [0.25, 0.3) is 11.0 Å². The minimum Gasteiger partial charge on any atom is -0.503 e. The number of aryl methyl sites for hydroxylation is 1. The van der Waals surface area contributed by atoms with Crippen LogP contribution in [0.4, 0.5) is 5.13 Å². The average Bonchev–Trinajstić information content (AvgIpc) is 3.45. The molecule has 4 heterocycles. The normalized spacial score (nSPS) is 16.6. The molecule has 0 saturated carbocycles. The molecule has 148 valence electrons. The molecule has 0 fully saturated rings.